The number of hydrogen-bond acceptors (Lipinski definition) is 6. The summed E-state index contributed by atoms with van der Waals surface area (Å²) in [6.07, 6.45) is 4.70. The first-order chi connectivity index (χ1) is 21.7. The number of nitro benzene ring substituents is 1. The largest absolute Gasteiger partial charge is 0.352 e. The normalized spacial score (nSPS) is 22.6. The van der Waals surface area contributed by atoms with Crippen LogP contribution in [0.4, 0.5) is 17.1 Å². The lowest BCUT2D eigenvalue weighted by atomic mass is 9.64. The third-order valence-corrected chi connectivity index (χ3v) is 9.32. The van der Waals surface area contributed by atoms with Crippen LogP contribution in [0.1, 0.15) is 51.3 Å². The van der Waals surface area contributed by atoms with Crippen LogP contribution < -0.4 is 10.2 Å². The number of carbonyl (C=O) groups is 3. The van der Waals surface area contributed by atoms with Crippen molar-refractivity contribution < 1.29 is 19.3 Å². The van der Waals surface area contributed by atoms with Crippen molar-refractivity contribution in [3.63, 3.8) is 0 Å². The molecule has 1 amide bonds. The summed E-state index contributed by atoms with van der Waals surface area (Å²) in [5.41, 5.74) is 2.73. The number of para-hydroxylation sites is 2. The number of nitro groups is 1. The van der Waals surface area contributed by atoms with Gasteiger partial charge in [-0.25, -0.2) is 0 Å². The average Bonchev–Trinajstić information content (AvgIpc) is 3.52. The molecule has 1 fully saturated rings. The van der Waals surface area contributed by atoms with E-state index in [4.69, 9.17) is 0 Å². The van der Waals surface area contributed by atoms with Crippen molar-refractivity contribution in [3.05, 3.63) is 141 Å². The quantitative estimate of drug-likeness (QED) is 0.145. The Hall–Kier alpha value is -5.37. The number of Topliss-reactive ketones (excluding diaryl/α,β-unsaturated/α-hetero) is 2. The summed E-state index contributed by atoms with van der Waals surface area (Å²) in [6.45, 7) is 4.26. The number of amides is 1. The van der Waals surface area contributed by atoms with Crippen molar-refractivity contribution in [2.75, 3.05) is 10.2 Å². The van der Waals surface area contributed by atoms with Crippen molar-refractivity contribution in [3.8, 4) is 0 Å². The molecule has 3 aliphatic heterocycles. The van der Waals surface area contributed by atoms with E-state index < -0.39 is 34.1 Å². The third-order valence-electron chi connectivity index (χ3n) is 9.32. The van der Waals surface area contributed by atoms with Crippen LogP contribution in [0.25, 0.3) is 6.08 Å². The van der Waals surface area contributed by atoms with Gasteiger partial charge in [-0.15, -0.1) is 0 Å². The molecule has 4 aromatic carbocycles. The highest BCUT2D eigenvalue weighted by molar-refractivity contribution is 6.18. The van der Waals surface area contributed by atoms with Gasteiger partial charge in [0, 0.05) is 34.6 Å². The molecule has 3 aliphatic rings. The van der Waals surface area contributed by atoms with Crippen molar-refractivity contribution in [1.29, 1.82) is 0 Å². The summed E-state index contributed by atoms with van der Waals surface area (Å²) in [5, 5.41) is 14.7. The number of non-ortho nitro benzene ring substituents is 1. The van der Waals surface area contributed by atoms with E-state index >= 15 is 0 Å². The molecule has 1 spiro atoms. The number of nitrogens with zero attached hydrogens (tertiary/aromatic N) is 2. The Morgan fingerprint density at radius 2 is 1.64 bits per heavy atom. The smallest absolute Gasteiger partial charge is 0.270 e. The average molecular weight is 598 g/mol. The summed E-state index contributed by atoms with van der Waals surface area (Å²) < 4.78 is 0. The number of benzene rings is 4. The fourth-order valence-corrected chi connectivity index (χ4v) is 7.52. The fourth-order valence-electron chi connectivity index (χ4n) is 7.52. The summed E-state index contributed by atoms with van der Waals surface area (Å²) >= 11 is 0. The lowest BCUT2D eigenvalue weighted by Gasteiger charge is -2.37. The molecule has 1 saturated heterocycles. The van der Waals surface area contributed by atoms with E-state index in [0.717, 1.165) is 17.5 Å². The molecule has 4 atom stereocenters. The predicted octanol–water partition coefficient (Wildman–Crippen LogP) is 6.65. The molecule has 0 unspecified atom stereocenters. The number of carbonyl (C=O) groups excluding carboxylic acids is 3. The SMILES string of the molecule is CC(C)Cc1ccc(C(=O)[C@@H]2[C@H](C(=O)c3cccc([N+](=O)[O-])c3)N3c4ccccc4C=C[C@@H]3[C@@]23C(=O)Nc2ccccc23)cc1. The van der Waals surface area contributed by atoms with Crippen LogP contribution in [0.15, 0.2) is 103 Å². The molecule has 45 heavy (non-hydrogen) atoms. The molecule has 8 heteroatoms. The first-order valence-electron chi connectivity index (χ1n) is 15.1. The lowest BCUT2D eigenvalue weighted by molar-refractivity contribution is -0.384. The monoisotopic (exact) mass is 597 g/mol. The standard InChI is InChI=1S/C37H31N3O5/c1-22(2)20-23-14-16-25(17-15-23)34(41)32-33(35(42)26-9-7-10-27(21-26)40(44)45)39-30-13-6-3-8-24(30)18-19-31(39)37(32)28-11-4-5-12-29(28)38-36(37)43/h3-19,21-22,31-33H,20H2,1-2H3,(H,38,43)/t31-,32+,33-,37-/m1/s1. The number of fused-ring (bicyclic) bond motifs is 6. The topological polar surface area (TPSA) is 110 Å². The molecule has 0 aliphatic carbocycles. The van der Waals surface area contributed by atoms with Crippen molar-refractivity contribution >= 4 is 40.6 Å². The molecule has 4 aromatic rings. The van der Waals surface area contributed by atoms with Gasteiger partial charge in [0.2, 0.25) is 5.91 Å². The van der Waals surface area contributed by atoms with Gasteiger partial charge >= 0.3 is 0 Å². The first-order valence-corrected chi connectivity index (χ1v) is 15.1. The second kappa shape index (κ2) is 10.7. The molecule has 224 valence electrons. The van der Waals surface area contributed by atoms with Crippen LogP contribution in [0, 0.1) is 22.0 Å². The number of anilines is 2. The number of hydrogen-bond donors (Lipinski definition) is 1. The summed E-state index contributed by atoms with van der Waals surface area (Å²) in [6, 6.07) is 26.1. The molecular formula is C37H31N3O5. The van der Waals surface area contributed by atoms with Crippen LogP contribution in [0.2, 0.25) is 0 Å². The van der Waals surface area contributed by atoms with Crippen LogP contribution in [-0.4, -0.2) is 34.5 Å². The van der Waals surface area contributed by atoms with E-state index in [-0.39, 0.29) is 22.9 Å². The van der Waals surface area contributed by atoms with Crippen molar-refractivity contribution in [1.82, 2.24) is 0 Å². The maximum atomic E-state index is 15.0. The molecule has 0 aromatic heterocycles. The Morgan fingerprint density at radius 1 is 0.911 bits per heavy atom. The van der Waals surface area contributed by atoms with Gasteiger partial charge in [0.05, 0.1) is 16.9 Å². The molecule has 1 N–H and O–H groups in total. The highest BCUT2D eigenvalue weighted by Gasteiger charge is 2.70. The Labute approximate surface area is 260 Å². The van der Waals surface area contributed by atoms with E-state index in [2.05, 4.69) is 19.2 Å². The van der Waals surface area contributed by atoms with E-state index in [1.807, 2.05) is 77.7 Å². The van der Waals surface area contributed by atoms with Gasteiger partial charge in [0.15, 0.2) is 11.6 Å². The first kappa shape index (κ1) is 28.4. The Balaban J connectivity index is 1.48. The summed E-state index contributed by atoms with van der Waals surface area (Å²) in [7, 11) is 0. The molecule has 8 nitrogen and oxygen atoms in total. The van der Waals surface area contributed by atoms with Crippen LogP contribution in [0.3, 0.4) is 0 Å². The predicted molar refractivity (Wildman–Crippen MR) is 173 cm³/mol. The highest BCUT2D eigenvalue weighted by Crippen LogP contribution is 2.58. The summed E-state index contributed by atoms with van der Waals surface area (Å²) in [5.74, 6) is -1.86. The highest BCUT2D eigenvalue weighted by atomic mass is 16.6. The van der Waals surface area contributed by atoms with Crippen molar-refractivity contribution in [2.45, 2.75) is 37.8 Å². The molecule has 7 rings (SSSR count). The molecular weight excluding hydrogens is 566 g/mol. The van der Waals surface area contributed by atoms with Gasteiger partial charge in [-0.05, 0) is 41.2 Å². The molecule has 3 heterocycles. The van der Waals surface area contributed by atoms with E-state index in [0.29, 0.717) is 28.4 Å². The maximum Gasteiger partial charge on any atom is 0.270 e. The second-order valence-electron chi connectivity index (χ2n) is 12.4. The van der Waals surface area contributed by atoms with Crippen LogP contribution >= 0.6 is 0 Å². The second-order valence-corrected chi connectivity index (χ2v) is 12.4. The minimum Gasteiger partial charge on any atom is -0.352 e. The summed E-state index contributed by atoms with van der Waals surface area (Å²) in [4.78, 5) is 57.3. The Morgan fingerprint density at radius 3 is 2.40 bits per heavy atom. The van der Waals surface area contributed by atoms with E-state index in [1.165, 1.54) is 24.3 Å². The Bertz CT molecular complexity index is 1910. The van der Waals surface area contributed by atoms with Crippen molar-refractivity contribution in [2.24, 2.45) is 11.8 Å². The zero-order valence-corrected chi connectivity index (χ0v) is 24.8. The molecule has 0 radical (unpaired) electrons. The van der Waals surface area contributed by atoms with Gasteiger partial charge in [-0.1, -0.05) is 98.8 Å². The van der Waals surface area contributed by atoms with Gasteiger partial charge in [-0.3, -0.25) is 24.5 Å². The van der Waals surface area contributed by atoms with Gasteiger partial charge in [0.1, 0.15) is 11.5 Å². The molecule has 0 saturated carbocycles. The number of rotatable bonds is 7. The zero-order valence-electron chi connectivity index (χ0n) is 24.8. The van der Waals surface area contributed by atoms with Gasteiger partial charge < -0.3 is 10.2 Å². The van der Waals surface area contributed by atoms with Gasteiger partial charge in [0.25, 0.3) is 5.69 Å². The lowest BCUT2D eigenvalue weighted by Crippen LogP contribution is -2.51. The number of ketones is 2. The van der Waals surface area contributed by atoms with Gasteiger partial charge in [-0.2, -0.15) is 0 Å². The van der Waals surface area contributed by atoms with Crippen LogP contribution in [0.5, 0.6) is 0 Å². The minimum absolute atomic E-state index is 0.105. The maximum absolute atomic E-state index is 15.0. The fraction of sp³-hybridized carbons (Fsp3) is 0.216. The zero-order chi connectivity index (χ0) is 31.5. The van der Waals surface area contributed by atoms with E-state index in [9.17, 15) is 24.5 Å². The number of nitrogens with one attached hydrogen (secondary N) is 1. The third kappa shape index (κ3) is 4.31. The minimum atomic E-state index is -1.45. The Kier molecular flexibility index (Phi) is 6.73. The van der Waals surface area contributed by atoms with Crippen LogP contribution in [-0.2, 0) is 16.6 Å². The molecule has 0 bridgehead atoms. The van der Waals surface area contributed by atoms with E-state index in [1.54, 1.807) is 12.1 Å².